The molecule has 0 aliphatic heterocycles. The van der Waals surface area contributed by atoms with E-state index in [9.17, 15) is 0 Å². The Morgan fingerprint density at radius 1 is 1.46 bits per heavy atom. The number of hydrogen-bond acceptors (Lipinski definition) is 4. The maximum absolute atomic E-state index is 5.73. The molecule has 13 heavy (non-hydrogen) atoms. The second kappa shape index (κ2) is 2.62. The van der Waals surface area contributed by atoms with E-state index in [1.807, 2.05) is 14.1 Å². The molecule has 2 heterocycles. The number of aryl methyl sites for hydroxylation is 1. The predicted molar refractivity (Wildman–Crippen MR) is 52.5 cm³/mol. The van der Waals surface area contributed by atoms with Gasteiger partial charge < -0.3 is 11.1 Å². The van der Waals surface area contributed by atoms with E-state index in [1.165, 1.54) is 0 Å². The van der Waals surface area contributed by atoms with Crippen molar-refractivity contribution >= 4 is 22.4 Å². The highest BCUT2D eigenvalue weighted by molar-refractivity contribution is 5.96. The summed E-state index contributed by atoms with van der Waals surface area (Å²) in [5.74, 6) is 0.508. The van der Waals surface area contributed by atoms with Gasteiger partial charge in [-0.3, -0.25) is 4.68 Å². The average Bonchev–Trinajstić information content (AvgIpc) is 2.50. The zero-order valence-electron chi connectivity index (χ0n) is 7.57. The van der Waals surface area contributed by atoms with E-state index in [2.05, 4.69) is 15.4 Å². The van der Waals surface area contributed by atoms with E-state index in [0.29, 0.717) is 5.82 Å². The first-order chi connectivity index (χ1) is 6.24. The van der Waals surface area contributed by atoms with Crippen LogP contribution in [0.3, 0.4) is 0 Å². The first kappa shape index (κ1) is 7.85. The number of nitrogens with one attached hydrogen (secondary N) is 1. The van der Waals surface area contributed by atoms with Crippen molar-refractivity contribution in [3.63, 3.8) is 0 Å². The van der Waals surface area contributed by atoms with E-state index < -0.39 is 0 Å². The molecule has 0 atom stereocenters. The van der Waals surface area contributed by atoms with Crippen molar-refractivity contribution in [2.45, 2.75) is 0 Å². The van der Waals surface area contributed by atoms with Gasteiger partial charge in [0.2, 0.25) is 0 Å². The Hall–Kier alpha value is -1.78. The minimum absolute atomic E-state index is 0.508. The van der Waals surface area contributed by atoms with Crippen molar-refractivity contribution in [1.29, 1.82) is 0 Å². The molecule has 2 aromatic heterocycles. The first-order valence-electron chi connectivity index (χ1n) is 3.98. The van der Waals surface area contributed by atoms with E-state index in [1.54, 1.807) is 17.1 Å². The number of nitrogens with zero attached hydrogens (tertiary/aromatic N) is 3. The van der Waals surface area contributed by atoms with Crippen LogP contribution in [0.5, 0.6) is 0 Å². The Bertz CT molecular complexity index is 445. The highest BCUT2D eigenvalue weighted by Crippen LogP contribution is 2.24. The van der Waals surface area contributed by atoms with Gasteiger partial charge in [-0.2, -0.15) is 5.10 Å². The van der Waals surface area contributed by atoms with Crippen LogP contribution in [0.1, 0.15) is 0 Å². The molecular weight excluding hydrogens is 166 g/mol. The molecule has 0 amide bonds. The fourth-order valence-corrected chi connectivity index (χ4v) is 1.40. The summed E-state index contributed by atoms with van der Waals surface area (Å²) in [6.45, 7) is 0. The highest BCUT2D eigenvalue weighted by Gasteiger charge is 2.07. The van der Waals surface area contributed by atoms with Crippen LogP contribution in [0.25, 0.3) is 10.9 Å². The number of anilines is 2. The molecule has 0 aliphatic rings. The molecule has 0 fully saturated rings. The maximum atomic E-state index is 5.73. The molecule has 68 valence electrons. The van der Waals surface area contributed by atoms with Crippen LogP contribution < -0.4 is 11.1 Å². The topological polar surface area (TPSA) is 68.8 Å². The zero-order valence-corrected chi connectivity index (χ0v) is 7.57. The molecule has 0 bridgehead atoms. The molecule has 2 aromatic rings. The third kappa shape index (κ3) is 1.00. The van der Waals surface area contributed by atoms with Crippen molar-refractivity contribution < 1.29 is 0 Å². The van der Waals surface area contributed by atoms with Crippen molar-refractivity contribution in [2.75, 3.05) is 18.1 Å². The number of nitrogens with two attached hydrogens (primary N) is 1. The molecule has 5 nitrogen and oxygen atoms in total. The fourth-order valence-electron chi connectivity index (χ4n) is 1.40. The van der Waals surface area contributed by atoms with Crippen LogP contribution in [-0.4, -0.2) is 21.8 Å². The Morgan fingerprint density at radius 3 is 2.92 bits per heavy atom. The second-order valence-corrected chi connectivity index (χ2v) is 2.84. The van der Waals surface area contributed by atoms with Gasteiger partial charge in [0.25, 0.3) is 0 Å². The second-order valence-electron chi connectivity index (χ2n) is 2.84. The molecule has 2 rings (SSSR count). The van der Waals surface area contributed by atoms with Gasteiger partial charge in [-0.05, 0) is 0 Å². The lowest BCUT2D eigenvalue weighted by molar-refractivity contribution is 0.796. The summed E-state index contributed by atoms with van der Waals surface area (Å²) in [5, 5.41) is 8.16. The quantitative estimate of drug-likeness (QED) is 0.669. The molecule has 0 aliphatic carbocycles. The number of nitrogen functional groups attached to an aromatic ring is 1. The first-order valence-corrected chi connectivity index (χ1v) is 3.98. The van der Waals surface area contributed by atoms with Crippen molar-refractivity contribution in [3.8, 4) is 0 Å². The summed E-state index contributed by atoms with van der Waals surface area (Å²) in [6.07, 6.45) is 3.48. The van der Waals surface area contributed by atoms with Crippen molar-refractivity contribution in [3.05, 3.63) is 12.4 Å². The Labute approximate surface area is 75.6 Å². The van der Waals surface area contributed by atoms with Gasteiger partial charge in [-0.1, -0.05) is 0 Å². The molecule has 5 heteroatoms. The highest BCUT2D eigenvalue weighted by atomic mass is 15.3. The van der Waals surface area contributed by atoms with Crippen LogP contribution in [0.4, 0.5) is 11.5 Å². The molecule has 0 aromatic carbocycles. The summed E-state index contributed by atoms with van der Waals surface area (Å²) in [7, 11) is 3.69. The molecule has 3 N–H and O–H groups in total. The standard InChI is InChI=1S/C8H11N5/c1-10-6-4-11-8(9)7-5(6)3-12-13(7)2/h3-4,10H,1-2H3,(H2,9,11). The average molecular weight is 177 g/mol. The number of rotatable bonds is 1. The molecule has 0 spiro atoms. The Balaban J connectivity index is 2.87. The van der Waals surface area contributed by atoms with Gasteiger partial charge in [0.15, 0.2) is 0 Å². The molecule has 0 saturated carbocycles. The predicted octanol–water partition coefficient (Wildman–Crippen LogP) is 0.592. The molecule has 0 saturated heterocycles. The minimum atomic E-state index is 0.508. The van der Waals surface area contributed by atoms with E-state index in [0.717, 1.165) is 16.6 Å². The maximum Gasteiger partial charge on any atom is 0.149 e. The number of hydrogen-bond donors (Lipinski definition) is 2. The van der Waals surface area contributed by atoms with Crippen molar-refractivity contribution in [2.24, 2.45) is 7.05 Å². The summed E-state index contributed by atoms with van der Waals surface area (Å²) in [5.41, 5.74) is 7.53. The van der Waals surface area contributed by atoms with E-state index >= 15 is 0 Å². The normalized spacial score (nSPS) is 10.6. The molecule has 0 radical (unpaired) electrons. The molecular formula is C8H11N5. The zero-order chi connectivity index (χ0) is 9.42. The van der Waals surface area contributed by atoms with Gasteiger partial charge >= 0.3 is 0 Å². The lowest BCUT2D eigenvalue weighted by atomic mass is 10.3. The van der Waals surface area contributed by atoms with Gasteiger partial charge in [-0.25, -0.2) is 4.98 Å². The van der Waals surface area contributed by atoms with Crippen molar-refractivity contribution in [1.82, 2.24) is 14.8 Å². The Morgan fingerprint density at radius 2 is 2.23 bits per heavy atom. The smallest absolute Gasteiger partial charge is 0.149 e. The van der Waals surface area contributed by atoms with Crippen LogP contribution >= 0.6 is 0 Å². The number of fused-ring (bicyclic) bond motifs is 1. The van der Waals surface area contributed by atoms with Crippen LogP contribution in [0.2, 0.25) is 0 Å². The summed E-state index contributed by atoms with van der Waals surface area (Å²) < 4.78 is 1.72. The van der Waals surface area contributed by atoms with Gasteiger partial charge in [0.05, 0.1) is 18.1 Å². The third-order valence-corrected chi connectivity index (χ3v) is 2.07. The van der Waals surface area contributed by atoms with Gasteiger partial charge in [-0.15, -0.1) is 0 Å². The molecule has 0 unspecified atom stereocenters. The van der Waals surface area contributed by atoms with Gasteiger partial charge in [0, 0.05) is 19.5 Å². The van der Waals surface area contributed by atoms with Crippen LogP contribution in [-0.2, 0) is 7.05 Å². The Kier molecular flexibility index (Phi) is 1.58. The lowest BCUT2D eigenvalue weighted by Crippen LogP contribution is -1.99. The largest absolute Gasteiger partial charge is 0.386 e. The summed E-state index contributed by atoms with van der Waals surface area (Å²) in [6, 6.07) is 0. The van der Waals surface area contributed by atoms with Crippen LogP contribution in [0.15, 0.2) is 12.4 Å². The fraction of sp³-hybridized carbons (Fsp3) is 0.250. The lowest BCUT2D eigenvalue weighted by Gasteiger charge is -2.03. The number of aromatic nitrogens is 3. The SMILES string of the molecule is CNc1cnc(N)c2c1cnn2C. The van der Waals surface area contributed by atoms with E-state index in [4.69, 9.17) is 5.73 Å². The number of pyridine rings is 1. The summed E-state index contributed by atoms with van der Waals surface area (Å²) in [4.78, 5) is 4.07. The van der Waals surface area contributed by atoms with Gasteiger partial charge in [0.1, 0.15) is 11.3 Å². The van der Waals surface area contributed by atoms with E-state index in [-0.39, 0.29) is 0 Å². The minimum Gasteiger partial charge on any atom is -0.386 e. The monoisotopic (exact) mass is 177 g/mol. The van der Waals surface area contributed by atoms with Crippen LogP contribution in [0, 0.1) is 0 Å². The summed E-state index contributed by atoms with van der Waals surface area (Å²) >= 11 is 0. The third-order valence-electron chi connectivity index (χ3n) is 2.07.